The maximum Gasteiger partial charge on any atom is 0.339 e. The fourth-order valence-electron chi connectivity index (χ4n) is 1.83. The minimum absolute atomic E-state index is 0.0810. The third kappa shape index (κ3) is 6.34. The van der Waals surface area contributed by atoms with E-state index in [1.54, 1.807) is 6.92 Å². The molecule has 0 aromatic heterocycles. The lowest BCUT2D eigenvalue weighted by Gasteiger charge is -2.06. The first-order valence-corrected chi connectivity index (χ1v) is 7.26. The van der Waals surface area contributed by atoms with Crippen LogP contribution >= 0.6 is 0 Å². The van der Waals surface area contributed by atoms with E-state index in [0.29, 0.717) is 18.9 Å². The largest absolute Gasteiger partial charge is 0.508 e. The molecule has 0 radical (unpaired) electrons. The lowest BCUT2D eigenvalue weighted by Crippen LogP contribution is -2.15. The molecule has 0 aliphatic carbocycles. The molecule has 0 amide bonds. The predicted octanol–water partition coefficient (Wildman–Crippen LogP) is 3.18. The lowest BCUT2D eigenvalue weighted by molar-refractivity contribution is 0.0693. The average Bonchev–Trinajstić information content (AvgIpc) is 2.52. The minimum Gasteiger partial charge on any atom is -0.508 e. The van der Waals surface area contributed by atoms with Crippen LogP contribution in [0.3, 0.4) is 0 Å². The molecule has 0 spiro atoms. The Kier molecular flexibility index (Phi) is 7.25. The Morgan fingerprint density at radius 1 is 1.08 bits per heavy atom. The van der Waals surface area contributed by atoms with Crippen LogP contribution in [0.15, 0.2) is 30.3 Å². The van der Waals surface area contributed by atoms with Gasteiger partial charge in [-0.2, -0.15) is 0 Å². The van der Waals surface area contributed by atoms with Gasteiger partial charge in [0, 0.05) is 12.1 Å². The van der Waals surface area contributed by atoms with Crippen LogP contribution in [0.5, 0.6) is 11.5 Å². The van der Waals surface area contributed by atoms with Crippen LogP contribution in [0.1, 0.15) is 29.3 Å². The van der Waals surface area contributed by atoms with Crippen molar-refractivity contribution < 1.29 is 33.3 Å². The van der Waals surface area contributed by atoms with Gasteiger partial charge in [0.05, 0.1) is 0 Å². The quantitative estimate of drug-likeness (QED) is 0.497. The van der Waals surface area contributed by atoms with Gasteiger partial charge >= 0.3 is 5.97 Å². The molecule has 2 rings (SSSR count). The van der Waals surface area contributed by atoms with Crippen LogP contribution in [0, 0.1) is 17.5 Å². The van der Waals surface area contributed by atoms with Crippen molar-refractivity contribution in [3.8, 4) is 11.5 Å². The van der Waals surface area contributed by atoms with Gasteiger partial charge in [0.15, 0.2) is 11.6 Å². The summed E-state index contributed by atoms with van der Waals surface area (Å²) in [5.74, 6) is -4.70. The molecule has 5 nitrogen and oxygen atoms in total. The van der Waals surface area contributed by atoms with Crippen molar-refractivity contribution in [2.24, 2.45) is 5.73 Å². The number of hydrogen-bond donors (Lipinski definition) is 4. The highest BCUT2D eigenvalue weighted by Gasteiger charge is 2.10. The second-order valence-corrected chi connectivity index (χ2v) is 5.38. The number of halogens is 3. The van der Waals surface area contributed by atoms with E-state index >= 15 is 0 Å². The Morgan fingerprint density at radius 3 is 2.20 bits per heavy atom. The lowest BCUT2D eigenvalue weighted by atomic mass is 10.1. The summed E-state index contributed by atoms with van der Waals surface area (Å²) in [6.07, 6.45) is 0.864. The second-order valence-electron chi connectivity index (χ2n) is 5.38. The Hall–Kier alpha value is -2.74. The minimum atomic E-state index is -1.27. The number of benzene rings is 2. The number of carbonyl (C=O) groups is 1. The van der Waals surface area contributed by atoms with Crippen LogP contribution in [-0.4, -0.2) is 27.3 Å². The number of aromatic carboxylic acids is 1. The van der Waals surface area contributed by atoms with Crippen LogP contribution < -0.4 is 5.73 Å². The van der Waals surface area contributed by atoms with E-state index in [0.717, 1.165) is 18.2 Å². The van der Waals surface area contributed by atoms with Crippen LogP contribution in [0.2, 0.25) is 0 Å². The van der Waals surface area contributed by atoms with E-state index in [2.05, 4.69) is 0 Å². The second kappa shape index (κ2) is 8.93. The number of carboxylic acids is 1. The fourth-order valence-corrected chi connectivity index (χ4v) is 1.83. The average molecular weight is 357 g/mol. The van der Waals surface area contributed by atoms with Gasteiger partial charge in [-0.25, -0.2) is 18.0 Å². The van der Waals surface area contributed by atoms with E-state index in [4.69, 9.17) is 21.1 Å². The molecule has 0 saturated carbocycles. The first-order valence-electron chi connectivity index (χ1n) is 7.26. The first kappa shape index (κ1) is 20.3. The van der Waals surface area contributed by atoms with Crippen molar-refractivity contribution in [3.05, 3.63) is 58.9 Å². The highest BCUT2D eigenvalue weighted by atomic mass is 19.2. The van der Waals surface area contributed by atoms with Crippen molar-refractivity contribution >= 4 is 5.97 Å². The molecule has 5 N–H and O–H groups in total. The van der Waals surface area contributed by atoms with Crippen molar-refractivity contribution in [3.63, 3.8) is 0 Å². The Labute approximate surface area is 142 Å². The summed E-state index contributed by atoms with van der Waals surface area (Å²) in [6.45, 7) is 1.78. The molecule has 1 unspecified atom stereocenters. The Bertz CT molecular complexity index is 751. The highest BCUT2D eigenvalue weighted by Crippen LogP contribution is 2.21. The van der Waals surface area contributed by atoms with Crippen molar-refractivity contribution in [2.45, 2.75) is 25.8 Å². The zero-order valence-electron chi connectivity index (χ0n) is 13.3. The van der Waals surface area contributed by atoms with Crippen molar-refractivity contribution in [1.82, 2.24) is 0 Å². The Balaban J connectivity index is 0.000000257. The predicted molar refractivity (Wildman–Crippen MR) is 85.0 cm³/mol. The maximum atomic E-state index is 13.0. The van der Waals surface area contributed by atoms with Crippen LogP contribution in [0.25, 0.3) is 0 Å². The molecule has 2 aromatic carbocycles. The monoisotopic (exact) mass is 357 g/mol. The number of rotatable bonds is 4. The smallest absolute Gasteiger partial charge is 0.339 e. The first-order chi connectivity index (χ1) is 11.6. The third-order valence-corrected chi connectivity index (χ3v) is 3.17. The van der Waals surface area contributed by atoms with Crippen molar-refractivity contribution in [1.29, 1.82) is 0 Å². The van der Waals surface area contributed by atoms with E-state index in [9.17, 15) is 18.0 Å². The summed E-state index contributed by atoms with van der Waals surface area (Å²) >= 11 is 0. The molecule has 1 atom stereocenters. The van der Waals surface area contributed by atoms with Crippen LogP contribution in [-0.2, 0) is 6.42 Å². The molecule has 8 heteroatoms. The van der Waals surface area contributed by atoms with Gasteiger partial charge in [-0.05, 0) is 49.6 Å². The molecule has 0 bridgehead atoms. The fraction of sp³-hybridized carbons (Fsp3) is 0.235. The number of phenols is 2. The van der Waals surface area contributed by atoms with Crippen LogP contribution in [0.4, 0.5) is 13.2 Å². The maximum absolute atomic E-state index is 13.0. The van der Waals surface area contributed by atoms with E-state index in [1.165, 1.54) is 6.07 Å². The molecule has 136 valence electrons. The topological polar surface area (TPSA) is 104 Å². The van der Waals surface area contributed by atoms with Gasteiger partial charge in [-0.3, -0.25) is 0 Å². The van der Waals surface area contributed by atoms with Gasteiger partial charge in [0.2, 0.25) is 0 Å². The van der Waals surface area contributed by atoms with E-state index in [1.807, 2.05) is 0 Å². The van der Waals surface area contributed by atoms with Gasteiger partial charge < -0.3 is 21.1 Å². The van der Waals surface area contributed by atoms with Crippen molar-refractivity contribution in [2.75, 3.05) is 0 Å². The molecule has 0 aliphatic rings. The summed E-state index contributed by atoms with van der Waals surface area (Å²) in [5, 5.41) is 26.1. The number of hydrogen-bond acceptors (Lipinski definition) is 4. The highest BCUT2D eigenvalue weighted by molar-refractivity contribution is 5.91. The Morgan fingerprint density at radius 2 is 1.68 bits per heavy atom. The number of aromatic hydroxyl groups is 2. The molecule has 0 saturated heterocycles. The van der Waals surface area contributed by atoms with Gasteiger partial charge in [0.1, 0.15) is 22.9 Å². The normalized spacial score (nSPS) is 11.4. The molecule has 2 aromatic rings. The van der Waals surface area contributed by atoms with Gasteiger partial charge in [-0.1, -0.05) is 0 Å². The molecule has 25 heavy (non-hydrogen) atoms. The number of nitrogens with two attached hydrogens (primary N) is 1. The SMILES string of the molecule is CC(N)CCc1cc(F)c(F)cc1F.O=C(O)c1cc(O)ccc1O. The summed E-state index contributed by atoms with van der Waals surface area (Å²) < 4.78 is 38.3. The molecule has 0 fully saturated rings. The molecule has 0 aliphatic heterocycles. The number of carboxylic acid groups (broad SMARTS) is 1. The summed E-state index contributed by atoms with van der Waals surface area (Å²) in [4.78, 5) is 10.3. The zero-order valence-corrected chi connectivity index (χ0v) is 13.3. The van der Waals surface area contributed by atoms with E-state index < -0.39 is 23.4 Å². The van der Waals surface area contributed by atoms with Gasteiger partial charge in [-0.15, -0.1) is 0 Å². The number of aryl methyl sites for hydroxylation is 1. The molecular weight excluding hydrogens is 339 g/mol. The third-order valence-electron chi connectivity index (χ3n) is 3.17. The summed E-state index contributed by atoms with van der Waals surface area (Å²) in [7, 11) is 0. The molecule has 0 heterocycles. The van der Waals surface area contributed by atoms with Gasteiger partial charge in [0.25, 0.3) is 0 Å². The molecular formula is C17H18F3NO4. The summed E-state index contributed by atoms with van der Waals surface area (Å²) in [6, 6.07) is 4.68. The zero-order chi connectivity index (χ0) is 19.1. The van der Waals surface area contributed by atoms with E-state index in [-0.39, 0.29) is 28.7 Å². The standard InChI is InChI=1S/C10H12F3N.C7H6O4/c1-6(14)2-3-7-4-9(12)10(13)5-8(7)11;8-4-1-2-6(9)5(3-4)7(10)11/h4-6H,2-3,14H2,1H3;1-3,8-9H,(H,10,11). The summed E-state index contributed by atoms with van der Waals surface area (Å²) in [5.41, 5.74) is 5.33. The number of phenolic OH excluding ortho intramolecular Hbond substituents is 1.